The number of piperidine rings is 1. The molecule has 1 aromatic rings. The van der Waals surface area contributed by atoms with E-state index in [1.54, 1.807) is 6.07 Å². The van der Waals surface area contributed by atoms with Crippen LogP contribution in [0, 0.1) is 17.1 Å². The molecule has 0 radical (unpaired) electrons. The molecule has 100 valence electrons. The first-order chi connectivity index (χ1) is 9.19. The van der Waals surface area contributed by atoms with Crippen molar-refractivity contribution in [3.05, 3.63) is 29.6 Å². The van der Waals surface area contributed by atoms with Gasteiger partial charge in [0.05, 0.1) is 5.69 Å². The molecule has 0 saturated carbocycles. The fourth-order valence-corrected chi connectivity index (χ4v) is 3.46. The summed E-state index contributed by atoms with van der Waals surface area (Å²) in [7, 11) is 1.98. The lowest BCUT2D eigenvalue weighted by atomic mass is 9.97. The highest BCUT2D eigenvalue weighted by atomic mass is 19.1. The van der Waals surface area contributed by atoms with Crippen LogP contribution < -0.4 is 10.2 Å². The van der Waals surface area contributed by atoms with Gasteiger partial charge in [-0.2, -0.15) is 5.26 Å². The van der Waals surface area contributed by atoms with Crippen molar-refractivity contribution in [1.82, 2.24) is 5.32 Å². The molecule has 2 aliphatic heterocycles. The molecule has 0 amide bonds. The average molecular weight is 259 g/mol. The van der Waals surface area contributed by atoms with Gasteiger partial charge >= 0.3 is 0 Å². The molecule has 2 atom stereocenters. The second-order valence-corrected chi connectivity index (χ2v) is 5.62. The Kier molecular flexibility index (Phi) is 3.16. The molecule has 0 aromatic heterocycles. The maximum atomic E-state index is 13.7. The molecule has 2 heterocycles. The molecule has 2 unspecified atom stereocenters. The zero-order valence-corrected chi connectivity index (χ0v) is 11.1. The highest BCUT2D eigenvalue weighted by molar-refractivity contribution is 5.60. The number of hydrogen-bond acceptors (Lipinski definition) is 3. The zero-order chi connectivity index (χ0) is 13.4. The van der Waals surface area contributed by atoms with Gasteiger partial charge in [-0.1, -0.05) is 6.07 Å². The largest absolute Gasteiger partial charge is 0.370 e. The summed E-state index contributed by atoms with van der Waals surface area (Å²) in [4.78, 5) is 2.09. The fourth-order valence-electron chi connectivity index (χ4n) is 3.46. The van der Waals surface area contributed by atoms with Gasteiger partial charge in [-0.25, -0.2) is 4.39 Å². The van der Waals surface area contributed by atoms with Crippen molar-refractivity contribution in [1.29, 1.82) is 5.26 Å². The summed E-state index contributed by atoms with van der Waals surface area (Å²) in [6, 6.07) is 8.43. The Balaban J connectivity index is 1.86. The summed E-state index contributed by atoms with van der Waals surface area (Å²) >= 11 is 0. The zero-order valence-electron chi connectivity index (χ0n) is 11.1. The number of nitrogens with zero attached hydrogens (tertiary/aromatic N) is 2. The van der Waals surface area contributed by atoms with Crippen molar-refractivity contribution in [2.24, 2.45) is 0 Å². The highest BCUT2D eigenvalue weighted by Crippen LogP contribution is 2.32. The minimum absolute atomic E-state index is 0.163. The Hall–Kier alpha value is -1.60. The number of benzene rings is 1. The van der Waals surface area contributed by atoms with Gasteiger partial charge in [-0.3, -0.25) is 0 Å². The van der Waals surface area contributed by atoms with Crippen molar-refractivity contribution in [2.75, 3.05) is 11.9 Å². The molecular weight excluding hydrogens is 241 g/mol. The first-order valence-electron chi connectivity index (χ1n) is 6.86. The number of nitriles is 1. The number of nitrogens with one attached hydrogen (secondary N) is 1. The summed E-state index contributed by atoms with van der Waals surface area (Å²) in [5.41, 5.74) is 0.879. The van der Waals surface area contributed by atoms with E-state index in [0.29, 0.717) is 23.8 Å². The monoisotopic (exact) mass is 259 g/mol. The molecular formula is C15H18FN3. The van der Waals surface area contributed by atoms with Crippen LogP contribution in [-0.2, 0) is 0 Å². The van der Waals surface area contributed by atoms with E-state index in [2.05, 4.69) is 10.2 Å². The van der Waals surface area contributed by atoms with Gasteiger partial charge < -0.3 is 10.2 Å². The maximum Gasteiger partial charge on any atom is 0.143 e. The third kappa shape index (κ3) is 2.19. The Morgan fingerprint density at radius 3 is 2.63 bits per heavy atom. The lowest BCUT2D eigenvalue weighted by Crippen LogP contribution is -2.47. The Labute approximate surface area is 113 Å². The van der Waals surface area contributed by atoms with Crippen LogP contribution in [0.4, 0.5) is 10.1 Å². The summed E-state index contributed by atoms with van der Waals surface area (Å²) in [6.45, 7) is 0. The molecule has 0 aliphatic carbocycles. The van der Waals surface area contributed by atoms with E-state index >= 15 is 0 Å². The van der Waals surface area contributed by atoms with Crippen LogP contribution in [0.5, 0.6) is 0 Å². The third-order valence-electron chi connectivity index (χ3n) is 4.48. The molecule has 19 heavy (non-hydrogen) atoms. The molecule has 2 aliphatic rings. The molecule has 4 heteroatoms. The fraction of sp³-hybridized carbons (Fsp3) is 0.533. The molecule has 3 rings (SSSR count). The summed E-state index contributed by atoms with van der Waals surface area (Å²) in [6.07, 6.45) is 4.63. The van der Waals surface area contributed by atoms with Crippen LogP contribution in [0.15, 0.2) is 18.2 Å². The molecule has 1 N–H and O–H groups in total. The summed E-state index contributed by atoms with van der Waals surface area (Å²) in [5.74, 6) is -0.427. The molecule has 2 saturated heterocycles. The number of rotatable bonds is 2. The Morgan fingerprint density at radius 2 is 2.00 bits per heavy atom. The minimum atomic E-state index is -0.427. The summed E-state index contributed by atoms with van der Waals surface area (Å²) in [5, 5.41) is 12.7. The molecule has 0 spiro atoms. The van der Waals surface area contributed by atoms with E-state index in [-0.39, 0.29) is 5.56 Å². The predicted molar refractivity (Wildman–Crippen MR) is 72.5 cm³/mol. The van der Waals surface area contributed by atoms with E-state index in [9.17, 15) is 4.39 Å². The van der Waals surface area contributed by atoms with E-state index < -0.39 is 5.82 Å². The second-order valence-electron chi connectivity index (χ2n) is 5.62. The number of halogens is 1. The first kappa shape index (κ1) is 12.4. The van der Waals surface area contributed by atoms with E-state index in [0.717, 1.165) is 12.8 Å². The van der Waals surface area contributed by atoms with Crippen LogP contribution >= 0.6 is 0 Å². The maximum absolute atomic E-state index is 13.7. The van der Waals surface area contributed by atoms with E-state index in [4.69, 9.17) is 5.26 Å². The van der Waals surface area contributed by atoms with Gasteiger partial charge in [0, 0.05) is 25.2 Å². The topological polar surface area (TPSA) is 39.1 Å². The van der Waals surface area contributed by atoms with Crippen LogP contribution in [0.2, 0.25) is 0 Å². The molecule has 1 aromatic carbocycles. The van der Waals surface area contributed by atoms with Crippen LogP contribution in [0.25, 0.3) is 0 Å². The highest BCUT2D eigenvalue weighted by Gasteiger charge is 2.35. The van der Waals surface area contributed by atoms with Gasteiger partial charge in [0.2, 0.25) is 0 Å². The van der Waals surface area contributed by atoms with Crippen molar-refractivity contribution in [2.45, 2.75) is 43.8 Å². The van der Waals surface area contributed by atoms with Gasteiger partial charge in [-0.05, 0) is 37.8 Å². The Bertz CT molecular complexity index is 511. The standard InChI is InChI=1S/C15H18FN3/c1-19(12-7-10-5-6-11(8-12)18-10)15-4-2-3-14(16)13(15)9-17/h2-4,10-12,18H,5-8H2,1H3. The molecule has 2 fully saturated rings. The lowest BCUT2D eigenvalue weighted by Gasteiger charge is -2.37. The van der Waals surface area contributed by atoms with Crippen molar-refractivity contribution in [3.63, 3.8) is 0 Å². The third-order valence-corrected chi connectivity index (χ3v) is 4.48. The quantitative estimate of drug-likeness (QED) is 0.886. The van der Waals surface area contributed by atoms with E-state index in [1.807, 2.05) is 19.2 Å². The number of hydrogen-bond donors (Lipinski definition) is 1. The Morgan fingerprint density at radius 1 is 1.32 bits per heavy atom. The van der Waals surface area contributed by atoms with Gasteiger partial charge in [-0.15, -0.1) is 0 Å². The van der Waals surface area contributed by atoms with Crippen LogP contribution in [-0.4, -0.2) is 25.2 Å². The average Bonchev–Trinajstić information content (AvgIpc) is 2.76. The van der Waals surface area contributed by atoms with Crippen molar-refractivity contribution >= 4 is 5.69 Å². The predicted octanol–water partition coefficient (Wildman–Crippen LogP) is 2.42. The normalized spacial score (nSPS) is 29.0. The van der Waals surface area contributed by atoms with Crippen molar-refractivity contribution < 1.29 is 4.39 Å². The number of fused-ring (bicyclic) bond motifs is 2. The van der Waals surface area contributed by atoms with Gasteiger partial charge in [0.1, 0.15) is 17.4 Å². The lowest BCUT2D eigenvalue weighted by molar-refractivity contribution is 0.354. The molecule has 2 bridgehead atoms. The van der Waals surface area contributed by atoms with E-state index in [1.165, 1.54) is 18.9 Å². The van der Waals surface area contributed by atoms with Crippen LogP contribution in [0.1, 0.15) is 31.2 Å². The van der Waals surface area contributed by atoms with Crippen LogP contribution in [0.3, 0.4) is 0 Å². The summed E-state index contributed by atoms with van der Waals surface area (Å²) < 4.78 is 13.7. The van der Waals surface area contributed by atoms with Gasteiger partial charge in [0.25, 0.3) is 0 Å². The minimum Gasteiger partial charge on any atom is -0.370 e. The first-order valence-corrected chi connectivity index (χ1v) is 6.86. The SMILES string of the molecule is CN(c1cccc(F)c1C#N)C1CC2CCC(C1)N2. The van der Waals surface area contributed by atoms with Crippen molar-refractivity contribution in [3.8, 4) is 6.07 Å². The smallest absolute Gasteiger partial charge is 0.143 e. The molecule has 3 nitrogen and oxygen atoms in total. The second kappa shape index (κ2) is 4.82. The number of anilines is 1. The van der Waals surface area contributed by atoms with Gasteiger partial charge in [0.15, 0.2) is 0 Å².